The second-order valence-corrected chi connectivity index (χ2v) is 7.17. The summed E-state index contributed by atoms with van der Waals surface area (Å²) < 4.78 is 14.9. The van der Waals surface area contributed by atoms with Crippen LogP contribution in [0, 0.1) is 17.1 Å². The fourth-order valence-corrected chi connectivity index (χ4v) is 3.71. The summed E-state index contributed by atoms with van der Waals surface area (Å²) in [4.78, 5) is 15.5. The molecule has 0 spiro atoms. The molecule has 146 valence electrons. The lowest BCUT2D eigenvalue weighted by molar-refractivity contribution is 0.582. The van der Waals surface area contributed by atoms with Gasteiger partial charge in [0.1, 0.15) is 5.82 Å². The second kappa shape index (κ2) is 7.08. The fraction of sp³-hybridized carbons (Fsp3) is 0.130. The van der Waals surface area contributed by atoms with E-state index in [9.17, 15) is 4.39 Å². The molecule has 1 aliphatic rings. The van der Waals surface area contributed by atoms with Gasteiger partial charge in [-0.2, -0.15) is 5.26 Å². The summed E-state index contributed by atoms with van der Waals surface area (Å²) in [6.07, 6.45) is 3.36. The first-order valence-corrected chi connectivity index (χ1v) is 9.56. The molecule has 3 heterocycles. The van der Waals surface area contributed by atoms with Crippen molar-refractivity contribution in [2.24, 2.45) is 0 Å². The van der Waals surface area contributed by atoms with Gasteiger partial charge >= 0.3 is 0 Å². The predicted molar refractivity (Wildman–Crippen MR) is 113 cm³/mol. The van der Waals surface area contributed by atoms with Gasteiger partial charge in [0.2, 0.25) is 0 Å². The van der Waals surface area contributed by atoms with Gasteiger partial charge in [-0.15, -0.1) is 0 Å². The molecule has 2 aromatic heterocycles. The molecule has 1 aliphatic heterocycles. The zero-order valence-electron chi connectivity index (χ0n) is 16.2. The van der Waals surface area contributed by atoms with Crippen molar-refractivity contribution in [1.82, 2.24) is 15.0 Å². The average molecular weight is 396 g/mol. The molecule has 0 aliphatic carbocycles. The van der Waals surface area contributed by atoms with Crippen molar-refractivity contribution in [3.8, 4) is 17.3 Å². The highest BCUT2D eigenvalue weighted by atomic mass is 19.1. The minimum Gasteiger partial charge on any atom is -0.349 e. The molecule has 0 bridgehead atoms. The Morgan fingerprint density at radius 1 is 1.17 bits per heavy atom. The molecule has 0 amide bonds. The van der Waals surface area contributed by atoms with E-state index in [0.29, 0.717) is 40.6 Å². The minimum atomic E-state index is -0.293. The Morgan fingerprint density at radius 2 is 2.00 bits per heavy atom. The molecule has 5 rings (SSSR count). The summed E-state index contributed by atoms with van der Waals surface area (Å²) in [7, 11) is 0. The Kier molecular flexibility index (Phi) is 4.25. The Hall–Kier alpha value is -4.05. The molecule has 1 atom stereocenters. The summed E-state index contributed by atoms with van der Waals surface area (Å²) in [6, 6.07) is 16.1. The van der Waals surface area contributed by atoms with Crippen molar-refractivity contribution in [2.75, 3.05) is 16.9 Å². The van der Waals surface area contributed by atoms with Crippen LogP contribution in [0.3, 0.4) is 0 Å². The maximum absolute atomic E-state index is 14.9. The van der Waals surface area contributed by atoms with Gasteiger partial charge in [-0.1, -0.05) is 18.2 Å². The highest BCUT2D eigenvalue weighted by Gasteiger charge is 2.29. The first kappa shape index (κ1) is 18.0. The summed E-state index contributed by atoms with van der Waals surface area (Å²) in [5.41, 5.74) is 3.37. The molecule has 0 saturated heterocycles. The lowest BCUT2D eigenvalue weighted by Gasteiger charge is -2.26. The maximum Gasteiger partial charge on any atom is 0.174 e. The number of rotatable bonds is 3. The molecular formula is C23H17FN6. The van der Waals surface area contributed by atoms with Gasteiger partial charge < -0.3 is 10.2 Å². The van der Waals surface area contributed by atoms with Gasteiger partial charge in [0.25, 0.3) is 0 Å². The maximum atomic E-state index is 14.9. The highest BCUT2D eigenvalue weighted by Crippen LogP contribution is 2.37. The third-order valence-corrected chi connectivity index (χ3v) is 5.39. The van der Waals surface area contributed by atoms with Gasteiger partial charge in [0.05, 0.1) is 41.8 Å². The van der Waals surface area contributed by atoms with E-state index in [4.69, 9.17) is 10.2 Å². The molecule has 0 fully saturated rings. The summed E-state index contributed by atoms with van der Waals surface area (Å²) in [6.45, 7) is 2.44. The van der Waals surface area contributed by atoms with Crippen molar-refractivity contribution < 1.29 is 4.39 Å². The fourth-order valence-electron chi connectivity index (χ4n) is 3.71. The Balaban J connectivity index is 1.52. The van der Waals surface area contributed by atoms with E-state index in [0.717, 1.165) is 10.9 Å². The van der Waals surface area contributed by atoms with Gasteiger partial charge in [-0.05, 0) is 31.2 Å². The normalized spacial score (nSPS) is 13.6. The smallest absolute Gasteiger partial charge is 0.174 e. The number of aromatic nitrogens is 3. The number of hydrogen-bond acceptors (Lipinski definition) is 6. The number of nitriles is 1. The molecule has 0 saturated carbocycles. The first-order chi connectivity index (χ1) is 14.6. The van der Waals surface area contributed by atoms with E-state index in [2.05, 4.69) is 21.4 Å². The molecular weight excluding hydrogens is 379 g/mol. The number of hydrogen-bond donors (Lipinski definition) is 1. The van der Waals surface area contributed by atoms with E-state index in [-0.39, 0.29) is 11.9 Å². The minimum absolute atomic E-state index is 0.256. The van der Waals surface area contributed by atoms with E-state index < -0.39 is 0 Å². The number of pyridine rings is 1. The Labute approximate surface area is 172 Å². The third kappa shape index (κ3) is 2.99. The van der Waals surface area contributed by atoms with Crippen LogP contribution in [0.5, 0.6) is 0 Å². The van der Waals surface area contributed by atoms with Crippen LogP contribution in [0.1, 0.15) is 24.1 Å². The zero-order valence-corrected chi connectivity index (χ0v) is 16.2. The van der Waals surface area contributed by atoms with E-state index in [1.807, 2.05) is 42.2 Å². The quantitative estimate of drug-likeness (QED) is 0.543. The van der Waals surface area contributed by atoms with Gasteiger partial charge in [0.15, 0.2) is 11.6 Å². The SMILES string of the molecule is CC(c1cc2cccnc2cc1F)N1CNc2ncc(-c3ccc(C#N)cc3)nc21. The van der Waals surface area contributed by atoms with Crippen LogP contribution in [0.2, 0.25) is 0 Å². The van der Waals surface area contributed by atoms with Crippen LogP contribution in [0.25, 0.3) is 22.2 Å². The van der Waals surface area contributed by atoms with Crippen LogP contribution in [0.4, 0.5) is 16.0 Å². The predicted octanol–water partition coefficient (Wildman–Crippen LogP) is 4.65. The number of nitrogens with zero attached hydrogens (tertiary/aromatic N) is 5. The van der Waals surface area contributed by atoms with E-state index in [1.165, 1.54) is 6.07 Å². The van der Waals surface area contributed by atoms with Gasteiger partial charge in [-0.3, -0.25) is 4.98 Å². The Morgan fingerprint density at radius 3 is 2.80 bits per heavy atom. The number of benzene rings is 2. The average Bonchev–Trinajstić information content (AvgIpc) is 3.21. The van der Waals surface area contributed by atoms with Gasteiger partial charge in [0, 0.05) is 28.8 Å². The molecule has 30 heavy (non-hydrogen) atoms. The summed E-state index contributed by atoms with van der Waals surface area (Å²) in [5.74, 6) is 1.05. The molecule has 0 radical (unpaired) electrons. The van der Waals surface area contributed by atoms with Crippen molar-refractivity contribution in [3.05, 3.63) is 77.9 Å². The number of nitrogens with one attached hydrogen (secondary N) is 1. The standard InChI is InChI=1S/C23H17FN6/c1-14(18-9-17-3-2-8-26-20(17)10-19(18)24)30-13-28-22-23(30)29-21(12-27-22)16-6-4-15(11-25)5-7-16/h2-10,12,14H,13H2,1H3,(H,27,28). The lowest BCUT2D eigenvalue weighted by Crippen LogP contribution is -2.27. The highest BCUT2D eigenvalue weighted by molar-refractivity contribution is 5.80. The number of halogens is 1. The molecule has 1 unspecified atom stereocenters. The Bertz CT molecular complexity index is 1300. The molecule has 4 aromatic rings. The number of fused-ring (bicyclic) bond motifs is 2. The van der Waals surface area contributed by atoms with Crippen molar-refractivity contribution >= 4 is 22.5 Å². The zero-order chi connectivity index (χ0) is 20.7. The van der Waals surface area contributed by atoms with Crippen LogP contribution in [0.15, 0.2) is 60.9 Å². The van der Waals surface area contributed by atoms with Crippen LogP contribution >= 0.6 is 0 Å². The third-order valence-electron chi connectivity index (χ3n) is 5.39. The van der Waals surface area contributed by atoms with E-state index in [1.54, 1.807) is 24.5 Å². The van der Waals surface area contributed by atoms with E-state index >= 15 is 0 Å². The lowest BCUT2D eigenvalue weighted by atomic mass is 10.0. The monoisotopic (exact) mass is 396 g/mol. The van der Waals surface area contributed by atoms with Crippen LogP contribution in [-0.2, 0) is 0 Å². The number of anilines is 2. The van der Waals surface area contributed by atoms with Gasteiger partial charge in [-0.25, -0.2) is 14.4 Å². The van der Waals surface area contributed by atoms with Crippen LogP contribution < -0.4 is 10.2 Å². The first-order valence-electron chi connectivity index (χ1n) is 9.56. The van der Waals surface area contributed by atoms with Crippen LogP contribution in [-0.4, -0.2) is 21.6 Å². The topological polar surface area (TPSA) is 77.7 Å². The molecule has 6 nitrogen and oxygen atoms in total. The second-order valence-electron chi connectivity index (χ2n) is 7.17. The molecule has 2 aromatic carbocycles. The molecule has 7 heteroatoms. The van der Waals surface area contributed by atoms with Crippen molar-refractivity contribution in [2.45, 2.75) is 13.0 Å². The van der Waals surface area contributed by atoms with Crippen molar-refractivity contribution in [1.29, 1.82) is 5.26 Å². The largest absolute Gasteiger partial charge is 0.349 e. The summed E-state index contributed by atoms with van der Waals surface area (Å²) in [5, 5.41) is 13.1. The summed E-state index contributed by atoms with van der Waals surface area (Å²) >= 11 is 0. The van der Waals surface area contributed by atoms with Crippen molar-refractivity contribution in [3.63, 3.8) is 0 Å². The molecule has 1 N–H and O–H groups in total.